The highest BCUT2D eigenvalue weighted by Gasteiger charge is 2.29. The van der Waals surface area contributed by atoms with Crippen molar-refractivity contribution in [3.8, 4) is 17.1 Å². The first-order chi connectivity index (χ1) is 15.6. The molecule has 0 saturated carbocycles. The van der Waals surface area contributed by atoms with Crippen LogP contribution in [0.25, 0.3) is 17.1 Å². The van der Waals surface area contributed by atoms with Crippen molar-refractivity contribution in [2.24, 2.45) is 0 Å². The Bertz CT molecular complexity index is 1270. The molecule has 32 heavy (non-hydrogen) atoms. The van der Waals surface area contributed by atoms with Crippen molar-refractivity contribution in [3.63, 3.8) is 0 Å². The zero-order valence-electron chi connectivity index (χ0n) is 16.7. The van der Waals surface area contributed by atoms with Crippen LogP contribution in [0.2, 0.25) is 0 Å². The summed E-state index contributed by atoms with van der Waals surface area (Å²) in [5.41, 5.74) is 4.19. The molecule has 0 radical (unpaired) electrons. The highest BCUT2D eigenvalue weighted by molar-refractivity contribution is 5.97. The average Bonchev–Trinajstić information content (AvgIpc) is 3.38. The summed E-state index contributed by atoms with van der Waals surface area (Å²) in [6.45, 7) is 0.0955. The van der Waals surface area contributed by atoms with Gasteiger partial charge in [0.2, 0.25) is 0 Å². The molecule has 2 aromatic heterocycles. The maximum Gasteiger partial charge on any atom is 0.412 e. The van der Waals surface area contributed by atoms with Gasteiger partial charge in [-0.05, 0) is 28.3 Å². The number of nitrogens with one attached hydrogen (secondary N) is 1. The third kappa shape index (κ3) is 3.35. The number of carbonyl (C=O) groups excluding carboxylic acids is 1. The summed E-state index contributed by atoms with van der Waals surface area (Å²) < 4.78 is 6.66. The molecule has 0 bridgehead atoms. The summed E-state index contributed by atoms with van der Waals surface area (Å²) in [6, 6.07) is 17.6. The minimum Gasteiger partial charge on any atom is -0.477 e. The van der Waals surface area contributed by atoms with Crippen LogP contribution >= 0.6 is 0 Å². The van der Waals surface area contributed by atoms with E-state index in [2.05, 4.69) is 20.4 Å². The van der Waals surface area contributed by atoms with E-state index < -0.39 is 12.1 Å². The smallest absolute Gasteiger partial charge is 0.412 e. The molecule has 9 heteroatoms. The van der Waals surface area contributed by atoms with Crippen molar-refractivity contribution in [2.75, 3.05) is 11.9 Å². The van der Waals surface area contributed by atoms with Gasteiger partial charge >= 0.3 is 12.1 Å². The van der Waals surface area contributed by atoms with Gasteiger partial charge in [-0.3, -0.25) is 5.32 Å². The Kier molecular flexibility index (Phi) is 4.83. The zero-order chi connectivity index (χ0) is 22.1. The van der Waals surface area contributed by atoms with Crippen LogP contribution in [-0.2, 0) is 4.74 Å². The molecule has 4 aromatic rings. The molecular weight excluding hydrogens is 410 g/mol. The number of aromatic nitrogens is 4. The van der Waals surface area contributed by atoms with Crippen LogP contribution in [0.15, 0.2) is 73.2 Å². The van der Waals surface area contributed by atoms with Crippen molar-refractivity contribution in [1.82, 2.24) is 19.7 Å². The van der Waals surface area contributed by atoms with Gasteiger partial charge in [-0.1, -0.05) is 48.5 Å². The summed E-state index contributed by atoms with van der Waals surface area (Å²) >= 11 is 0. The van der Waals surface area contributed by atoms with Crippen LogP contribution in [0.1, 0.15) is 27.4 Å². The van der Waals surface area contributed by atoms with Crippen molar-refractivity contribution in [2.45, 2.75) is 5.92 Å². The molecule has 5 rings (SSSR count). The number of anilines is 1. The molecule has 0 aliphatic heterocycles. The Morgan fingerprint density at radius 2 is 1.59 bits per heavy atom. The maximum atomic E-state index is 12.6. The van der Waals surface area contributed by atoms with Gasteiger partial charge in [0.15, 0.2) is 5.82 Å². The molecule has 158 valence electrons. The third-order valence-electron chi connectivity index (χ3n) is 5.31. The number of carbonyl (C=O) groups is 2. The van der Waals surface area contributed by atoms with E-state index in [9.17, 15) is 14.7 Å². The zero-order valence-corrected chi connectivity index (χ0v) is 16.7. The summed E-state index contributed by atoms with van der Waals surface area (Å²) in [4.78, 5) is 32.4. The predicted molar refractivity (Wildman–Crippen MR) is 115 cm³/mol. The minimum atomic E-state index is -1.25. The topological polar surface area (TPSA) is 119 Å². The Balaban J connectivity index is 1.38. The summed E-state index contributed by atoms with van der Waals surface area (Å²) in [7, 11) is 0. The number of benzene rings is 2. The van der Waals surface area contributed by atoms with E-state index >= 15 is 0 Å². The molecule has 1 aliphatic carbocycles. The molecule has 0 atom stereocenters. The van der Waals surface area contributed by atoms with Crippen LogP contribution in [0.5, 0.6) is 0 Å². The van der Waals surface area contributed by atoms with E-state index in [4.69, 9.17) is 4.74 Å². The lowest BCUT2D eigenvalue weighted by atomic mass is 9.98. The molecule has 2 heterocycles. The van der Waals surface area contributed by atoms with E-state index in [-0.39, 0.29) is 29.9 Å². The van der Waals surface area contributed by atoms with Gasteiger partial charge in [0.1, 0.15) is 12.2 Å². The van der Waals surface area contributed by atoms with Crippen LogP contribution in [0.3, 0.4) is 0 Å². The normalized spacial score (nSPS) is 12.1. The minimum absolute atomic E-state index is 0.0825. The number of hydrogen-bond donors (Lipinski definition) is 2. The number of aromatic carboxylic acids is 1. The average molecular weight is 427 g/mol. The number of amides is 1. The van der Waals surface area contributed by atoms with Crippen LogP contribution in [0, 0.1) is 0 Å². The molecule has 0 fully saturated rings. The van der Waals surface area contributed by atoms with Gasteiger partial charge in [0.25, 0.3) is 5.95 Å². The fourth-order valence-electron chi connectivity index (χ4n) is 3.91. The molecule has 0 saturated heterocycles. The number of carboxylic acids is 1. The Hall–Kier alpha value is -4.53. The summed E-state index contributed by atoms with van der Waals surface area (Å²) in [5.74, 6) is -1.33. The van der Waals surface area contributed by atoms with Gasteiger partial charge in [0, 0.05) is 18.3 Å². The second kappa shape index (κ2) is 7.95. The van der Waals surface area contributed by atoms with E-state index in [0.29, 0.717) is 0 Å². The van der Waals surface area contributed by atoms with E-state index in [1.54, 1.807) is 6.07 Å². The van der Waals surface area contributed by atoms with Gasteiger partial charge in [-0.15, -0.1) is 0 Å². The van der Waals surface area contributed by atoms with Crippen LogP contribution < -0.4 is 5.32 Å². The molecule has 2 aromatic carbocycles. The lowest BCUT2D eigenvalue weighted by Crippen LogP contribution is -2.21. The van der Waals surface area contributed by atoms with Crippen molar-refractivity contribution < 1.29 is 19.4 Å². The maximum absolute atomic E-state index is 12.6. The predicted octanol–water partition coefficient (Wildman–Crippen LogP) is 3.72. The number of rotatable bonds is 5. The Morgan fingerprint density at radius 3 is 2.22 bits per heavy atom. The Labute approximate surface area is 182 Å². The number of fused-ring (bicyclic) bond motifs is 3. The number of carboxylic acid groups (broad SMARTS) is 1. The standard InChI is InChI=1S/C23H17N5O4/c29-21(30)18-12-26-28(22-24-10-5-11-25-22)20(18)27-23(31)32-13-19-16-8-3-1-6-14(16)15-7-2-4-9-17(15)19/h1-12,19H,13H2,(H,27,31)(H,29,30). The van der Waals surface area contributed by atoms with Gasteiger partial charge in [-0.25, -0.2) is 19.6 Å². The van der Waals surface area contributed by atoms with Crippen molar-refractivity contribution in [1.29, 1.82) is 0 Å². The van der Waals surface area contributed by atoms with Gasteiger partial charge in [-0.2, -0.15) is 9.78 Å². The van der Waals surface area contributed by atoms with Crippen LogP contribution in [-0.4, -0.2) is 43.5 Å². The molecule has 1 amide bonds. The second-order valence-corrected chi connectivity index (χ2v) is 7.12. The molecule has 0 unspecified atom stereocenters. The van der Waals surface area contributed by atoms with Crippen molar-refractivity contribution in [3.05, 3.63) is 89.9 Å². The number of ether oxygens (including phenoxy) is 1. The van der Waals surface area contributed by atoms with Crippen LogP contribution in [0.4, 0.5) is 10.6 Å². The quantitative estimate of drug-likeness (QED) is 0.498. The molecule has 0 spiro atoms. The molecule has 2 N–H and O–H groups in total. The largest absolute Gasteiger partial charge is 0.477 e. The highest BCUT2D eigenvalue weighted by Crippen LogP contribution is 2.44. The first-order valence-corrected chi connectivity index (χ1v) is 9.84. The lowest BCUT2D eigenvalue weighted by molar-refractivity contribution is 0.0698. The first-order valence-electron chi connectivity index (χ1n) is 9.84. The monoisotopic (exact) mass is 427 g/mol. The SMILES string of the molecule is O=C(Nc1c(C(=O)O)cnn1-c1ncccn1)OCC1c2ccccc2-c2ccccc21. The molecular formula is C23H17N5O4. The van der Waals surface area contributed by atoms with Crippen molar-refractivity contribution >= 4 is 17.9 Å². The van der Waals surface area contributed by atoms with E-state index in [1.165, 1.54) is 12.4 Å². The number of nitrogens with zero attached hydrogens (tertiary/aromatic N) is 4. The van der Waals surface area contributed by atoms with Gasteiger partial charge < -0.3 is 9.84 Å². The lowest BCUT2D eigenvalue weighted by Gasteiger charge is -2.15. The molecule has 1 aliphatic rings. The summed E-state index contributed by atoms with van der Waals surface area (Å²) in [6.07, 6.45) is 3.30. The third-order valence-corrected chi connectivity index (χ3v) is 5.31. The second-order valence-electron chi connectivity index (χ2n) is 7.12. The fraction of sp³-hybridized carbons (Fsp3) is 0.0870. The number of hydrogen-bond acceptors (Lipinski definition) is 6. The highest BCUT2D eigenvalue weighted by atomic mass is 16.5. The Morgan fingerprint density at radius 1 is 0.969 bits per heavy atom. The van der Waals surface area contributed by atoms with Gasteiger partial charge in [0.05, 0.1) is 6.20 Å². The fourth-order valence-corrected chi connectivity index (χ4v) is 3.91. The van der Waals surface area contributed by atoms with E-state index in [0.717, 1.165) is 33.1 Å². The van der Waals surface area contributed by atoms with E-state index in [1.807, 2.05) is 48.5 Å². The summed E-state index contributed by atoms with van der Waals surface area (Å²) in [5, 5.41) is 16.0. The first kappa shape index (κ1) is 19.4. The molecule has 9 nitrogen and oxygen atoms in total.